The van der Waals surface area contributed by atoms with Crippen LogP contribution in [0, 0.1) is 0 Å². The molecule has 1 aromatic carbocycles. The molecule has 148 valence electrons. The number of rotatable bonds is 9. The van der Waals surface area contributed by atoms with Gasteiger partial charge in [-0.25, -0.2) is 12.7 Å². The first-order chi connectivity index (χ1) is 12.3. The van der Waals surface area contributed by atoms with E-state index in [9.17, 15) is 17.2 Å². The molecule has 0 radical (unpaired) electrons. The molecule has 1 atom stereocenters. The highest BCUT2D eigenvalue weighted by Gasteiger charge is 2.27. The average molecular weight is 390 g/mol. The van der Waals surface area contributed by atoms with Crippen molar-refractivity contribution in [2.75, 3.05) is 18.8 Å². The van der Waals surface area contributed by atoms with Crippen LogP contribution in [0.4, 0.5) is 8.78 Å². The Morgan fingerprint density at radius 2 is 1.85 bits per heavy atom. The fourth-order valence-corrected chi connectivity index (χ4v) is 4.32. The fourth-order valence-electron chi connectivity index (χ4n) is 3.19. The molecule has 1 heterocycles. The predicted molar refractivity (Wildman–Crippen MR) is 98.0 cm³/mol. The topological polar surface area (TPSA) is 58.6 Å². The van der Waals surface area contributed by atoms with Crippen molar-refractivity contribution in [2.24, 2.45) is 0 Å². The van der Waals surface area contributed by atoms with Crippen LogP contribution in [0.25, 0.3) is 0 Å². The van der Waals surface area contributed by atoms with Crippen molar-refractivity contribution >= 4 is 10.0 Å². The van der Waals surface area contributed by atoms with Gasteiger partial charge in [0.25, 0.3) is 0 Å². The summed E-state index contributed by atoms with van der Waals surface area (Å²) in [6.45, 7) is 2.14. The molecule has 0 bridgehead atoms. The Kier molecular flexibility index (Phi) is 7.79. The highest BCUT2D eigenvalue weighted by atomic mass is 32.2. The summed E-state index contributed by atoms with van der Waals surface area (Å²) in [6.07, 6.45) is 3.40. The van der Waals surface area contributed by atoms with Gasteiger partial charge in [0.15, 0.2) is 0 Å². The van der Waals surface area contributed by atoms with Crippen molar-refractivity contribution in [3.8, 4) is 5.75 Å². The maximum absolute atomic E-state index is 12.1. The molecule has 1 aliphatic heterocycles. The Morgan fingerprint density at radius 1 is 1.23 bits per heavy atom. The van der Waals surface area contributed by atoms with E-state index in [0.717, 1.165) is 31.2 Å². The van der Waals surface area contributed by atoms with Gasteiger partial charge in [0.2, 0.25) is 10.0 Å². The number of nitrogens with zero attached hydrogens (tertiary/aromatic N) is 1. The van der Waals surface area contributed by atoms with Gasteiger partial charge in [-0.3, -0.25) is 0 Å². The molecule has 0 spiro atoms. The molecule has 0 saturated carbocycles. The second kappa shape index (κ2) is 9.62. The van der Waals surface area contributed by atoms with Crippen molar-refractivity contribution in [2.45, 2.75) is 58.2 Å². The second-order valence-electron chi connectivity index (χ2n) is 6.70. The summed E-state index contributed by atoms with van der Waals surface area (Å²) in [5, 5.41) is 3.57. The molecule has 0 aromatic heterocycles. The van der Waals surface area contributed by atoms with E-state index in [-0.39, 0.29) is 11.5 Å². The summed E-state index contributed by atoms with van der Waals surface area (Å²) in [5.41, 5.74) is 1.07. The van der Waals surface area contributed by atoms with Gasteiger partial charge in [0.1, 0.15) is 5.75 Å². The van der Waals surface area contributed by atoms with Crippen LogP contribution < -0.4 is 10.1 Å². The molecule has 8 heteroatoms. The lowest BCUT2D eigenvalue weighted by Gasteiger charge is -2.33. The minimum absolute atomic E-state index is 0.155. The van der Waals surface area contributed by atoms with E-state index < -0.39 is 16.6 Å². The number of piperidine rings is 1. The van der Waals surface area contributed by atoms with Crippen LogP contribution in [0.1, 0.15) is 38.7 Å². The van der Waals surface area contributed by atoms with Crippen LogP contribution in [0.3, 0.4) is 0 Å². The molecule has 1 unspecified atom stereocenters. The van der Waals surface area contributed by atoms with E-state index in [4.69, 9.17) is 0 Å². The zero-order valence-corrected chi connectivity index (χ0v) is 16.1. The average Bonchev–Trinajstić information content (AvgIpc) is 2.61. The van der Waals surface area contributed by atoms with Crippen molar-refractivity contribution in [1.29, 1.82) is 0 Å². The number of sulfonamides is 1. The summed E-state index contributed by atoms with van der Waals surface area (Å²) in [6, 6.07) is 7.35. The smallest absolute Gasteiger partial charge is 0.387 e. The number of aryl methyl sites for hydroxylation is 1. The molecular formula is C18H28F2N2O3S. The molecule has 1 aliphatic rings. The largest absolute Gasteiger partial charge is 0.435 e. The molecular weight excluding hydrogens is 362 g/mol. The van der Waals surface area contributed by atoms with Gasteiger partial charge in [-0.15, -0.1) is 0 Å². The first-order valence-electron chi connectivity index (χ1n) is 9.07. The van der Waals surface area contributed by atoms with Crippen molar-refractivity contribution < 1.29 is 21.9 Å². The fraction of sp³-hybridized carbons (Fsp3) is 0.667. The van der Waals surface area contributed by atoms with E-state index in [2.05, 4.69) is 17.0 Å². The first kappa shape index (κ1) is 21.1. The van der Waals surface area contributed by atoms with E-state index in [1.807, 2.05) is 0 Å². The standard InChI is InChI=1S/C18H28F2N2O3S/c1-3-26(23,24)22-12-10-16(11-13-22)21-14(2)4-5-15-6-8-17(9-7-15)25-18(19)20/h6-9,14,16,18,21H,3-5,10-13H2,1-2H3. The Bertz CT molecular complexity index is 645. The highest BCUT2D eigenvalue weighted by Crippen LogP contribution is 2.18. The Hall–Kier alpha value is -1.25. The summed E-state index contributed by atoms with van der Waals surface area (Å²) >= 11 is 0. The molecule has 0 aliphatic carbocycles. The van der Waals surface area contributed by atoms with Crippen molar-refractivity contribution in [3.05, 3.63) is 29.8 Å². The van der Waals surface area contributed by atoms with E-state index in [1.54, 1.807) is 35.5 Å². The summed E-state index contributed by atoms with van der Waals surface area (Å²) in [7, 11) is -3.08. The number of benzene rings is 1. The van der Waals surface area contributed by atoms with Gasteiger partial charge in [-0.2, -0.15) is 8.78 Å². The molecule has 1 aromatic rings. The lowest BCUT2D eigenvalue weighted by molar-refractivity contribution is -0.0498. The quantitative estimate of drug-likeness (QED) is 0.704. The second-order valence-corrected chi connectivity index (χ2v) is 8.96. The van der Waals surface area contributed by atoms with E-state index >= 15 is 0 Å². The van der Waals surface area contributed by atoms with Gasteiger partial charge >= 0.3 is 6.61 Å². The maximum Gasteiger partial charge on any atom is 0.387 e. The van der Waals surface area contributed by atoms with Gasteiger partial charge in [-0.1, -0.05) is 12.1 Å². The lowest BCUT2D eigenvalue weighted by Crippen LogP contribution is -2.47. The minimum atomic E-state index is -3.08. The Morgan fingerprint density at radius 3 is 2.38 bits per heavy atom. The number of halogens is 2. The molecule has 1 N–H and O–H groups in total. The minimum Gasteiger partial charge on any atom is -0.435 e. The molecule has 1 fully saturated rings. The van der Waals surface area contributed by atoms with Crippen molar-refractivity contribution in [1.82, 2.24) is 9.62 Å². The third-order valence-corrected chi connectivity index (χ3v) is 6.63. The third-order valence-electron chi connectivity index (χ3n) is 4.75. The van der Waals surface area contributed by atoms with E-state index in [0.29, 0.717) is 25.2 Å². The van der Waals surface area contributed by atoms with Crippen LogP contribution in [-0.2, 0) is 16.4 Å². The normalized spacial score (nSPS) is 18.2. The number of hydrogen-bond acceptors (Lipinski definition) is 4. The molecule has 0 amide bonds. The summed E-state index contributed by atoms with van der Waals surface area (Å²) in [4.78, 5) is 0. The molecule has 2 rings (SSSR count). The monoisotopic (exact) mass is 390 g/mol. The molecule has 5 nitrogen and oxygen atoms in total. The number of alkyl halides is 2. The Labute approximate surface area is 154 Å². The summed E-state index contributed by atoms with van der Waals surface area (Å²) in [5.74, 6) is 0.326. The van der Waals surface area contributed by atoms with Gasteiger partial charge < -0.3 is 10.1 Å². The van der Waals surface area contributed by atoms with Gasteiger partial charge in [0.05, 0.1) is 5.75 Å². The third kappa shape index (κ3) is 6.48. The van der Waals surface area contributed by atoms with E-state index in [1.165, 1.54) is 0 Å². The maximum atomic E-state index is 12.1. The zero-order valence-electron chi connectivity index (χ0n) is 15.3. The zero-order chi connectivity index (χ0) is 19.2. The molecule has 1 saturated heterocycles. The van der Waals surface area contributed by atoms with Crippen molar-refractivity contribution in [3.63, 3.8) is 0 Å². The predicted octanol–water partition coefficient (Wildman–Crippen LogP) is 3.01. The van der Waals surface area contributed by atoms with Crippen LogP contribution in [0.2, 0.25) is 0 Å². The molecule has 26 heavy (non-hydrogen) atoms. The highest BCUT2D eigenvalue weighted by molar-refractivity contribution is 7.89. The van der Waals surface area contributed by atoms with Gasteiger partial charge in [-0.05, 0) is 57.2 Å². The number of hydrogen-bond donors (Lipinski definition) is 1. The lowest BCUT2D eigenvalue weighted by atomic mass is 10.0. The number of ether oxygens (including phenoxy) is 1. The van der Waals surface area contributed by atoms with Gasteiger partial charge in [0, 0.05) is 25.2 Å². The van der Waals surface area contributed by atoms with Crippen LogP contribution in [-0.4, -0.2) is 50.3 Å². The van der Waals surface area contributed by atoms with Crippen LogP contribution >= 0.6 is 0 Å². The number of nitrogens with one attached hydrogen (secondary N) is 1. The first-order valence-corrected chi connectivity index (χ1v) is 10.7. The Balaban J connectivity index is 1.72. The SMILES string of the molecule is CCS(=O)(=O)N1CCC(NC(C)CCc2ccc(OC(F)F)cc2)CC1. The van der Waals surface area contributed by atoms with Crippen LogP contribution in [0.5, 0.6) is 5.75 Å². The van der Waals surface area contributed by atoms with Crippen LogP contribution in [0.15, 0.2) is 24.3 Å². The summed E-state index contributed by atoms with van der Waals surface area (Å²) < 4.78 is 54.0.